The molecule has 4 nitrogen and oxygen atoms in total. The SMILES string of the molecule is C[C@H]1O[C@H](O)C[C@H](O)[C@H]1O. The molecule has 1 rings (SSSR count). The summed E-state index contributed by atoms with van der Waals surface area (Å²) >= 11 is 0. The summed E-state index contributed by atoms with van der Waals surface area (Å²) in [6.45, 7) is 1.61. The minimum atomic E-state index is -0.937. The van der Waals surface area contributed by atoms with Crippen molar-refractivity contribution in [1.29, 1.82) is 0 Å². The van der Waals surface area contributed by atoms with Crippen molar-refractivity contribution in [3.8, 4) is 0 Å². The number of ether oxygens (including phenoxy) is 1. The van der Waals surface area contributed by atoms with Crippen LogP contribution in [0.5, 0.6) is 0 Å². The third-order valence-electron chi connectivity index (χ3n) is 1.69. The van der Waals surface area contributed by atoms with Crippen molar-refractivity contribution >= 4 is 0 Å². The van der Waals surface area contributed by atoms with Crippen LogP contribution in [0.3, 0.4) is 0 Å². The van der Waals surface area contributed by atoms with Crippen molar-refractivity contribution in [2.45, 2.75) is 37.9 Å². The van der Waals surface area contributed by atoms with Gasteiger partial charge in [0.15, 0.2) is 6.29 Å². The van der Waals surface area contributed by atoms with E-state index in [2.05, 4.69) is 0 Å². The van der Waals surface area contributed by atoms with Crippen LogP contribution in [0.15, 0.2) is 0 Å². The second-order valence-corrected chi connectivity index (χ2v) is 2.59. The van der Waals surface area contributed by atoms with Gasteiger partial charge >= 0.3 is 0 Å². The molecule has 0 spiro atoms. The average Bonchev–Trinajstić information content (AvgIpc) is 1.82. The van der Waals surface area contributed by atoms with Gasteiger partial charge in [0.1, 0.15) is 6.10 Å². The van der Waals surface area contributed by atoms with Gasteiger partial charge in [0.25, 0.3) is 0 Å². The number of aliphatic hydroxyl groups excluding tert-OH is 3. The number of aliphatic hydroxyl groups is 3. The van der Waals surface area contributed by atoms with Gasteiger partial charge in [-0.2, -0.15) is 0 Å². The van der Waals surface area contributed by atoms with Crippen molar-refractivity contribution in [3.63, 3.8) is 0 Å². The van der Waals surface area contributed by atoms with E-state index in [-0.39, 0.29) is 6.42 Å². The highest BCUT2D eigenvalue weighted by molar-refractivity contribution is 4.78. The largest absolute Gasteiger partial charge is 0.390 e. The molecule has 0 radical (unpaired) electrons. The maximum absolute atomic E-state index is 9.08. The molecule has 3 N–H and O–H groups in total. The Hall–Kier alpha value is -0.160. The average molecular weight is 148 g/mol. The zero-order chi connectivity index (χ0) is 7.72. The summed E-state index contributed by atoms with van der Waals surface area (Å²) in [7, 11) is 0. The van der Waals surface area contributed by atoms with Crippen LogP contribution in [-0.4, -0.2) is 39.9 Å². The molecule has 0 aromatic heterocycles. The van der Waals surface area contributed by atoms with Gasteiger partial charge < -0.3 is 20.1 Å². The normalized spacial score (nSPS) is 49.2. The fourth-order valence-electron chi connectivity index (χ4n) is 1.04. The Bertz CT molecular complexity index is 104. The molecule has 10 heavy (non-hydrogen) atoms. The van der Waals surface area contributed by atoms with E-state index in [9.17, 15) is 0 Å². The van der Waals surface area contributed by atoms with Gasteiger partial charge in [-0.05, 0) is 6.92 Å². The maximum Gasteiger partial charge on any atom is 0.157 e. The van der Waals surface area contributed by atoms with Crippen LogP contribution in [0.1, 0.15) is 13.3 Å². The third kappa shape index (κ3) is 1.46. The molecule has 1 saturated heterocycles. The van der Waals surface area contributed by atoms with Crippen molar-refractivity contribution in [2.75, 3.05) is 0 Å². The van der Waals surface area contributed by atoms with Gasteiger partial charge in [0.05, 0.1) is 12.2 Å². The van der Waals surface area contributed by atoms with Crippen LogP contribution in [0.25, 0.3) is 0 Å². The first-order valence-electron chi connectivity index (χ1n) is 3.31. The standard InChI is InChI=1S/C6H12O4/c1-3-6(9)4(7)2-5(8)10-3/h3-9H,2H2,1H3/t3-,4+,5+,6+/m1/s1. The van der Waals surface area contributed by atoms with E-state index in [0.29, 0.717) is 0 Å². The predicted octanol–water partition coefficient (Wildman–Crippen LogP) is -1.16. The lowest BCUT2D eigenvalue weighted by atomic mass is 10.0. The molecule has 60 valence electrons. The fourth-order valence-corrected chi connectivity index (χ4v) is 1.04. The van der Waals surface area contributed by atoms with E-state index in [4.69, 9.17) is 20.1 Å². The zero-order valence-corrected chi connectivity index (χ0v) is 5.77. The monoisotopic (exact) mass is 148 g/mol. The minimum absolute atomic E-state index is 0.0888. The van der Waals surface area contributed by atoms with E-state index < -0.39 is 24.6 Å². The van der Waals surface area contributed by atoms with Crippen molar-refractivity contribution in [1.82, 2.24) is 0 Å². The van der Waals surface area contributed by atoms with Gasteiger partial charge in [0.2, 0.25) is 0 Å². The van der Waals surface area contributed by atoms with Gasteiger partial charge in [-0.1, -0.05) is 0 Å². The Balaban J connectivity index is 2.49. The second-order valence-electron chi connectivity index (χ2n) is 2.59. The lowest BCUT2D eigenvalue weighted by Crippen LogP contribution is -2.46. The molecule has 0 aromatic carbocycles. The lowest BCUT2D eigenvalue weighted by Gasteiger charge is -2.32. The first-order chi connectivity index (χ1) is 4.61. The van der Waals surface area contributed by atoms with E-state index >= 15 is 0 Å². The molecule has 1 aliphatic heterocycles. The van der Waals surface area contributed by atoms with Crippen LogP contribution in [-0.2, 0) is 4.74 Å². The fraction of sp³-hybridized carbons (Fsp3) is 1.00. The minimum Gasteiger partial charge on any atom is -0.390 e. The van der Waals surface area contributed by atoms with Crippen molar-refractivity contribution in [2.24, 2.45) is 0 Å². The number of rotatable bonds is 0. The summed E-state index contributed by atoms with van der Waals surface area (Å²) in [4.78, 5) is 0. The molecule has 4 heteroatoms. The Morgan fingerprint density at radius 3 is 2.40 bits per heavy atom. The van der Waals surface area contributed by atoms with E-state index in [0.717, 1.165) is 0 Å². The van der Waals surface area contributed by atoms with Crippen LogP contribution >= 0.6 is 0 Å². The molecule has 0 unspecified atom stereocenters. The highest BCUT2D eigenvalue weighted by Crippen LogP contribution is 2.17. The smallest absolute Gasteiger partial charge is 0.157 e. The lowest BCUT2D eigenvalue weighted by molar-refractivity contribution is -0.226. The Kier molecular flexibility index (Phi) is 2.25. The zero-order valence-electron chi connectivity index (χ0n) is 5.77. The summed E-state index contributed by atoms with van der Waals surface area (Å²) in [6.07, 6.45) is -3.07. The number of hydrogen-bond donors (Lipinski definition) is 3. The van der Waals surface area contributed by atoms with Gasteiger partial charge in [-0.3, -0.25) is 0 Å². The molecule has 0 aromatic rings. The summed E-state index contributed by atoms with van der Waals surface area (Å²) in [5, 5.41) is 27.0. The van der Waals surface area contributed by atoms with Crippen molar-refractivity contribution in [3.05, 3.63) is 0 Å². The van der Waals surface area contributed by atoms with E-state index in [1.54, 1.807) is 6.92 Å². The van der Waals surface area contributed by atoms with E-state index in [1.165, 1.54) is 0 Å². The van der Waals surface area contributed by atoms with Crippen LogP contribution in [0, 0.1) is 0 Å². The quantitative estimate of drug-likeness (QED) is 0.405. The summed E-state index contributed by atoms with van der Waals surface area (Å²) in [5.74, 6) is 0. The highest BCUT2D eigenvalue weighted by atomic mass is 16.6. The van der Waals surface area contributed by atoms with E-state index in [1.807, 2.05) is 0 Å². The number of hydrogen-bond acceptors (Lipinski definition) is 4. The first-order valence-corrected chi connectivity index (χ1v) is 3.31. The third-order valence-corrected chi connectivity index (χ3v) is 1.69. The van der Waals surface area contributed by atoms with Gasteiger partial charge in [0, 0.05) is 6.42 Å². The molecule has 1 heterocycles. The van der Waals surface area contributed by atoms with Crippen molar-refractivity contribution < 1.29 is 20.1 Å². The molecular weight excluding hydrogens is 136 g/mol. The molecule has 0 bridgehead atoms. The van der Waals surface area contributed by atoms with Crippen LogP contribution < -0.4 is 0 Å². The predicted molar refractivity (Wildman–Crippen MR) is 33.2 cm³/mol. The first kappa shape index (κ1) is 7.94. The summed E-state index contributed by atoms with van der Waals surface area (Å²) < 4.78 is 4.81. The maximum atomic E-state index is 9.08. The molecule has 1 aliphatic rings. The van der Waals surface area contributed by atoms with Gasteiger partial charge in [-0.15, -0.1) is 0 Å². The Morgan fingerprint density at radius 1 is 1.30 bits per heavy atom. The van der Waals surface area contributed by atoms with Crippen LogP contribution in [0.2, 0.25) is 0 Å². The Morgan fingerprint density at radius 2 is 1.90 bits per heavy atom. The summed E-state index contributed by atoms with van der Waals surface area (Å²) in [5.41, 5.74) is 0. The summed E-state index contributed by atoms with van der Waals surface area (Å²) in [6, 6.07) is 0. The van der Waals surface area contributed by atoms with Crippen LogP contribution in [0.4, 0.5) is 0 Å². The highest BCUT2D eigenvalue weighted by Gasteiger charge is 2.32. The molecular formula is C6H12O4. The molecule has 4 atom stereocenters. The molecule has 0 saturated carbocycles. The molecule has 0 aliphatic carbocycles. The van der Waals surface area contributed by atoms with Gasteiger partial charge in [-0.25, -0.2) is 0 Å². The molecule has 1 fully saturated rings. The molecule has 0 amide bonds. The Labute approximate surface area is 59.1 Å². The second kappa shape index (κ2) is 2.84. The topological polar surface area (TPSA) is 69.9 Å².